The smallest absolute Gasteiger partial charge is 0.144 e. The lowest BCUT2D eigenvalue weighted by molar-refractivity contribution is 0.471. The molecule has 0 aliphatic rings. The average molecular weight is 445 g/mol. The summed E-state index contributed by atoms with van der Waals surface area (Å²) in [6.07, 6.45) is 6.42. The van der Waals surface area contributed by atoms with Crippen molar-refractivity contribution in [1.29, 1.82) is 0 Å². The van der Waals surface area contributed by atoms with Crippen LogP contribution in [0.25, 0.3) is 17.1 Å². The van der Waals surface area contributed by atoms with Crippen LogP contribution in [-0.2, 0) is 5.41 Å². The van der Waals surface area contributed by atoms with Crippen LogP contribution in [0.3, 0.4) is 0 Å². The Balaban J connectivity index is 2.37. The minimum Gasteiger partial charge on any atom is -0.299 e. The maximum Gasteiger partial charge on any atom is 0.144 e. The van der Waals surface area contributed by atoms with Gasteiger partial charge in [0.25, 0.3) is 0 Å². The molecule has 0 aliphatic heterocycles. The van der Waals surface area contributed by atoms with Gasteiger partial charge in [0, 0.05) is 18.0 Å². The summed E-state index contributed by atoms with van der Waals surface area (Å²) in [6, 6.07) is 15.8. The van der Waals surface area contributed by atoms with Gasteiger partial charge in [-0.3, -0.25) is 4.57 Å². The van der Waals surface area contributed by atoms with Gasteiger partial charge in [-0.05, 0) is 58.6 Å². The average Bonchev–Trinajstić information content (AvgIpc) is 3.23. The van der Waals surface area contributed by atoms with Gasteiger partial charge in [0.05, 0.1) is 5.69 Å². The molecule has 3 aromatic rings. The highest BCUT2D eigenvalue weighted by atomic mass is 15.1. The molecule has 0 amide bonds. The summed E-state index contributed by atoms with van der Waals surface area (Å²) in [5, 5.41) is 0. The van der Waals surface area contributed by atoms with E-state index in [4.69, 9.17) is 4.98 Å². The first-order valence-corrected chi connectivity index (χ1v) is 12.9. The third kappa shape index (κ3) is 5.10. The highest BCUT2D eigenvalue weighted by Crippen LogP contribution is 2.41. The highest BCUT2D eigenvalue weighted by molar-refractivity contribution is 5.67. The number of para-hydroxylation sites is 1. The summed E-state index contributed by atoms with van der Waals surface area (Å²) >= 11 is 0. The summed E-state index contributed by atoms with van der Waals surface area (Å²) in [5.41, 5.74) is 6.88. The first-order valence-electron chi connectivity index (χ1n) is 12.9. The molecule has 178 valence electrons. The van der Waals surface area contributed by atoms with E-state index in [0.717, 1.165) is 18.7 Å². The lowest BCUT2D eigenvalue weighted by atomic mass is 9.79. The van der Waals surface area contributed by atoms with Crippen LogP contribution in [-0.4, -0.2) is 9.55 Å². The van der Waals surface area contributed by atoms with E-state index in [0.29, 0.717) is 23.7 Å². The lowest BCUT2D eigenvalue weighted by Crippen LogP contribution is -2.17. The fraction of sp³-hybridized carbons (Fsp3) is 0.516. The van der Waals surface area contributed by atoms with E-state index < -0.39 is 0 Å². The zero-order chi connectivity index (χ0) is 24.3. The number of rotatable bonds is 8. The van der Waals surface area contributed by atoms with Gasteiger partial charge in [-0.25, -0.2) is 4.98 Å². The fourth-order valence-corrected chi connectivity index (χ4v) is 5.57. The van der Waals surface area contributed by atoms with Crippen molar-refractivity contribution in [3.05, 3.63) is 71.5 Å². The topological polar surface area (TPSA) is 17.8 Å². The van der Waals surface area contributed by atoms with Gasteiger partial charge >= 0.3 is 0 Å². The number of benzene rings is 2. The molecular weight excluding hydrogens is 400 g/mol. The molecule has 0 bridgehead atoms. The van der Waals surface area contributed by atoms with Crippen LogP contribution in [0.2, 0.25) is 0 Å². The quantitative estimate of drug-likeness (QED) is 0.338. The second-order valence-electron chi connectivity index (χ2n) is 11.2. The Morgan fingerprint density at radius 2 is 1.33 bits per heavy atom. The minimum atomic E-state index is 0.0451. The second kappa shape index (κ2) is 10.3. The van der Waals surface area contributed by atoms with Crippen LogP contribution in [0.4, 0.5) is 0 Å². The molecule has 2 heteroatoms. The van der Waals surface area contributed by atoms with Crippen LogP contribution < -0.4 is 0 Å². The Morgan fingerprint density at radius 1 is 0.788 bits per heavy atom. The van der Waals surface area contributed by atoms with E-state index in [1.165, 1.54) is 27.9 Å². The van der Waals surface area contributed by atoms with Crippen molar-refractivity contribution in [1.82, 2.24) is 9.55 Å². The third-order valence-corrected chi connectivity index (χ3v) is 7.24. The number of hydrogen-bond acceptors (Lipinski definition) is 1. The molecule has 2 atom stereocenters. The van der Waals surface area contributed by atoms with Crippen molar-refractivity contribution in [3.63, 3.8) is 0 Å². The van der Waals surface area contributed by atoms with Crippen molar-refractivity contribution in [2.45, 2.75) is 92.4 Å². The van der Waals surface area contributed by atoms with Crippen molar-refractivity contribution < 1.29 is 0 Å². The Labute approximate surface area is 202 Å². The Morgan fingerprint density at radius 3 is 1.82 bits per heavy atom. The maximum atomic E-state index is 4.94. The summed E-state index contributed by atoms with van der Waals surface area (Å²) in [6.45, 7) is 20.9. The molecule has 0 radical (unpaired) electrons. The van der Waals surface area contributed by atoms with Crippen molar-refractivity contribution >= 4 is 0 Å². The monoisotopic (exact) mass is 444 g/mol. The zero-order valence-electron chi connectivity index (χ0n) is 22.3. The first kappa shape index (κ1) is 25.3. The summed E-state index contributed by atoms with van der Waals surface area (Å²) in [4.78, 5) is 4.94. The highest BCUT2D eigenvalue weighted by Gasteiger charge is 2.27. The van der Waals surface area contributed by atoms with E-state index in [2.05, 4.69) is 116 Å². The van der Waals surface area contributed by atoms with Crippen molar-refractivity contribution in [2.75, 3.05) is 0 Å². The van der Waals surface area contributed by atoms with E-state index >= 15 is 0 Å². The molecule has 0 fully saturated rings. The zero-order valence-corrected chi connectivity index (χ0v) is 22.3. The summed E-state index contributed by atoms with van der Waals surface area (Å²) in [5.74, 6) is 3.23. The molecule has 0 saturated heterocycles. The Kier molecular flexibility index (Phi) is 7.88. The third-order valence-electron chi connectivity index (χ3n) is 7.24. The predicted molar refractivity (Wildman–Crippen MR) is 143 cm³/mol. The van der Waals surface area contributed by atoms with E-state index in [1.54, 1.807) is 0 Å². The second-order valence-corrected chi connectivity index (χ2v) is 11.2. The molecule has 0 saturated carbocycles. The molecule has 33 heavy (non-hydrogen) atoms. The van der Waals surface area contributed by atoms with Crippen LogP contribution >= 0.6 is 0 Å². The lowest BCUT2D eigenvalue weighted by Gasteiger charge is -2.30. The van der Waals surface area contributed by atoms with E-state index in [9.17, 15) is 0 Å². The Hall–Kier alpha value is -2.35. The summed E-state index contributed by atoms with van der Waals surface area (Å²) < 4.78 is 2.39. The molecule has 2 aromatic carbocycles. The van der Waals surface area contributed by atoms with Gasteiger partial charge in [-0.15, -0.1) is 0 Å². The maximum absolute atomic E-state index is 4.94. The summed E-state index contributed by atoms with van der Waals surface area (Å²) in [7, 11) is 0. The molecular formula is C31H44N2. The van der Waals surface area contributed by atoms with Crippen LogP contribution in [0.1, 0.15) is 104 Å². The number of imidazole rings is 1. The molecule has 1 aromatic heterocycles. The van der Waals surface area contributed by atoms with Gasteiger partial charge in [0.2, 0.25) is 0 Å². The first-order chi connectivity index (χ1) is 15.6. The van der Waals surface area contributed by atoms with Crippen LogP contribution in [0.15, 0.2) is 54.9 Å². The largest absolute Gasteiger partial charge is 0.299 e. The number of aromatic nitrogens is 2. The fourth-order valence-electron chi connectivity index (χ4n) is 5.57. The number of nitrogens with zero attached hydrogens (tertiary/aromatic N) is 2. The van der Waals surface area contributed by atoms with Gasteiger partial charge in [-0.2, -0.15) is 0 Å². The van der Waals surface area contributed by atoms with Crippen LogP contribution in [0, 0.1) is 11.8 Å². The molecule has 3 rings (SSSR count). The van der Waals surface area contributed by atoms with E-state index in [-0.39, 0.29) is 5.41 Å². The number of hydrogen-bond donors (Lipinski definition) is 0. The Bertz CT molecular complexity index is 1010. The molecule has 1 heterocycles. The standard InChI is InChI=1S/C31H44N2/c1-10-23(21(3)4)25-16-14-17-26(24(11-2)22(5)6)29(25)33-20-19-32-30(33)27-15-12-13-18-28(27)31(7,8)9/h12-24H,10-11H2,1-9H3. The van der Waals surface area contributed by atoms with Gasteiger partial charge < -0.3 is 0 Å². The van der Waals surface area contributed by atoms with Crippen molar-refractivity contribution in [2.24, 2.45) is 11.8 Å². The van der Waals surface area contributed by atoms with E-state index in [1.807, 2.05) is 6.20 Å². The normalized spacial score (nSPS) is 14.2. The predicted octanol–water partition coefficient (Wildman–Crippen LogP) is 9.14. The van der Waals surface area contributed by atoms with Gasteiger partial charge in [-0.1, -0.05) is 105 Å². The molecule has 2 unspecified atom stereocenters. The molecule has 0 aliphatic carbocycles. The molecule has 0 N–H and O–H groups in total. The van der Waals surface area contributed by atoms with Crippen molar-refractivity contribution in [3.8, 4) is 17.1 Å². The van der Waals surface area contributed by atoms with Gasteiger partial charge in [0.1, 0.15) is 5.82 Å². The molecule has 0 spiro atoms. The SMILES string of the molecule is CCC(c1cccc(C(CC)C(C)C)c1-n1ccnc1-c1ccccc1C(C)(C)C)C(C)C. The minimum absolute atomic E-state index is 0.0451. The molecule has 2 nitrogen and oxygen atoms in total. The van der Waals surface area contributed by atoms with Crippen LogP contribution in [0.5, 0.6) is 0 Å². The van der Waals surface area contributed by atoms with Gasteiger partial charge in [0.15, 0.2) is 0 Å².